The lowest BCUT2D eigenvalue weighted by atomic mass is 10.1. The minimum absolute atomic E-state index is 0. The molecule has 0 aliphatic carbocycles. The smallest absolute Gasteiger partial charge is 0.194 e. The maximum absolute atomic E-state index is 4.65. The zero-order valence-electron chi connectivity index (χ0n) is 13.7. The van der Waals surface area contributed by atoms with Crippen LogP contribution in [-0.4, -0.2) is 24.5 Å². The van der Waals surface area contributed by atoms with Crippen LogP contribution >= 0.6 is 24.0 Å². The average molecular weight is 421 g/mol. The van der Waals surface area contributed by atoms with Crippen LogP contribution in [0.2, 0.25) is 0 Å². The second kappa shape index (κ2) is 8.34. The van der Waals surface area contributed by atoms with E-state index < -0.39 is 0 Å². The van der Waals surface area contributed by atoms with Crippen molar-refractivity contribution < 1.29 is 0 Å². The third kappa shape index (κ3) is 4.47. The molecular weight excluding hydrogens is 397 g/mol. The summed E-state index contributed by atoms with van der Waals surface area (Å²) < 4.78 is 0. The normalized spacial score (nSPS) is 16.3. The Morgan fingerprint density at radius 1 is 1.04 bits per heavy atom. The van der Waals surface area contributed by atoms with E-state index in [0.29, 0.717) is 6.04 Å². The Balaban J connectivity index is 0.00000192. The number of benzene rings is 2. The predicted molar refractivity (Wildman–Crippen MR) is 107 cm³/mol. The van der Waals surface area contributed by atoms with Gasteiger partial charge < -0.3 is 10.2 Å². The van der Waals surface area contributed by atoms with E-state index in [4.69, 9.17) is 0 Å². The monoisotopic (exact) mass is 421 g/mol. The van der Waals surface area contributed by atoms with Gasteiger partial charge in [0.15, 0.2) is 5.96 Å². The van der Waals surface area contributed by atoms with Gasteiger partial charge in [-0.15, -0.1) is 24.0 Å². The molecular formula is C19H24IN3. The molecule has 3 rings (SSSR count). The number of nitrogens with one attached hydrogen (secondary N) is 1. The molecule has 122 valence electrons. The summed E-state index contributed by atoms with van der Waals surface area (Å²) in [5.41, 5.74) is 3.99. The van der Waals surface area contributed by atoms with Crippen molar-refractivity contribution >= 4 is 29.9 Å². The summed E-state index contributed by atoms with van der Waals surface area (Å²) in [5, 5.41) is 3.53. The summed E-state index contributed by atoms with van der Waals surface area (Å²) in [4.78, 5) is 6.84. The topological polar surface area (TPSA) is 27.6 Å². The lowest BCUT2D eigenvalue weighted by Gasteiger charge is -2.21. The van der Waals surface area contributed by atoms with Crippen LogP contribution in [0.5, 0.6) is 0 Å². The maximum atomic E-state index is 4.65. The minimum atomic E-state index is 0. The molecule has 2 aromatic rings. The fraction of sp³-hybridized carbons (Fsp3) is 0.316. The Morgan fingerprint density at radius 3 is 2.35 bits per heavy atom. The summed E-state index contributed by atoms with van der Waals surface area (Å²) in [6.07, 6.45) is 1.09. The minimum Gasteiger partial charge on any atom is -0.348 e. The summed E-state index contributed by atoms with van der Waals surface area (Å²) in [6, 6.07) is 19.6. The second-order valence-corrected chi connectivity index (χ2v) is 5.80. The highest BCUT2D eigenvalue weighted by Crippen LogP contribution is 2.18. The van der Waals surface area contributed by atoms with E-state index >= 15 is 0 Å². The van der Waals surface area contributed by atoms with Crippen LogP contribution < -0.4 is 5.32 Å². The van der Waals surface area contributed by atoms with E-state index in [1.807, 2.05) is 6.07 Å². The SMILES string of the molecule is CCc1ccc(CN(C)C2=NCC(c3ccccc3)N2)cc1.I. The van der Waals surface area contributed by atoms with Gasteiger partial charge in [0, 0.05) is 13.6 Å². The number of rotatable bonds is 4. The molecule has 0 saturated heterocycles. The fourth-order valence-corrected chi connectivity index (χ4v) is 2.76. The van der Waals surface area contributed by atoms with Gasteiger partial charge in [0.25, 0.3) is 0 Å². The molecule has 1 atom stereocenters. The van der Waals surface area contributed by atoms with Gasteiger partial charge in [-0.3, -0.25) is 4.99 Å². The van der Waals surface area contributed by atoms with E-state index in [1.54, 1.807) is 0 Å². The molecule has 0 fully saturated rings. The molecule has 0 aromatic heterocycles. The predicted octanol–water partition coefficient (Wildman–Crippen LogP) is 4.00. The summed E-state index contributed by atoms with van der Waals surface area (Å²) in [5.74, 6) is 0.980. The van der Waals surface area contributed by atoms with Crippen molar-refractivity contribution in [2.24, 2.45) is 4.99 Å². The number of guanidine groups is 1. The molecule has 0 bridgehead atoms. The molecule has 1 aliphatic heterocycles. The molecule has 1 heterocycles. The first kappa shape index (κ1) is 17.8. The molecule has 23 heavy (non-hydrogen) atoms. The van der Waals surface area contributed by atoms with E-state index in [-0.39, 0.29) is 24.0 Å². The highest BCUT2D eigenvalue weighted by atomic mass is 127. The molecule has 1 N–H and O–H groups in total. The third-order valence-corrected chi connectivity index (χ3v) is 4.14. The van der Waals surface area contributed by atoms with Crippen molar-refractivity contribution in [3.63, 3.8) is 0 Å². The van der Waals surface area contributed by atoms with Gasteiger partial charge in [0.05, 0.1) is 12.6 Å². The van der Waals surface area contributed by atoms with Crippen LogP contribution in [0.4, 0.5) is 0 Å². The van der Waals surface area contributed by atoms with Gasteiger partial charge in [-0.25, -0.2) is 0 Å². The third-order valence-electron chi connectivity index (χ3n) is 4.14. The Bertz CT molecular complexity index is 637. The molecule has 4 heteroatoms. The van der Waals surface area contributed by atoms with Crippen LogP contribution in [0.25, 0.3) is 0 Å². The first-order chi connectivity index (χ1) is 10.8. The van der Waals surface area contributed by atoms with Crippen molar-refractivity contribution in [3.05, 3.63) is 71.3 Å². The molecule has 0 amide bonds. The average Bonchev–Trinajstić information content (AvgIpc) is 3.06. The molecule has 2 aromatic carbocycles. The fourth-order valence-electron chi connectivity index (χ4n) is 2.76. The lowest BCUT2D eigenvalue weighted by molar-refractivity contribution is 0.480. The van der Waals surface area contributed by atoms with E-state index in [9.17, 15) is 0 Å². The molecule has 1 aliphatic rings. The van der Waals surface area contributed by atoms with Crippen LogP contribution in [0.1, 0.15) is 29.7 Å². The molecule has 3 nitrogen and oxygen atoms in total. The largest absolute Gasteiger partial charge is 0.348 e. The molecule has 0 saturated carbocycles. The van der Waals surface area contributed by atoms with E-state index in [2.05, 4.69) is 77.7 Å². The summed E-state index contributed by atoms with van der Waals surface area (Å²) in [7, 11) is 2.09. The number of nitrogens with zero attached hydrogens (tertiary/aromatic N) is 2. The van der Waals surface area contributed by atoms with Crippen molar-refractivity contribution in [1.82, 2.24) is 10.2 Å². The van der Waals surface area contributed by atoms with Gasteiger partial charge >= 0.3 is 0 Å². The number of aryl methyl sites for hydroxylation is 1. The summed E-state index contributed by atoms with van der Waals surface area (Å²) in [6.45, 7) is 3.86. The Morgan fingerprint density at radius 2 is 1.70 bits per heavy atom. The Labute approximate surface area is 155 Å². The Kier molecular flexibility index (Phi) is 6.45. The van der Waals surface area contributed by atoms with E-state index in [1.165, 1.54) is 16.7 Å². The van der Waals surface area contributed by atoms with Crippen LogP contribution in [0.15, 0.2) is 59.6 Å². The summed E-state index contributed by atoms with van der Waals surface area (Å²) >= 11 is 0. The van der Waals surface area contributed by atoms with Gasteiger partial charge in [0.2, 0.25) is 0 Å². The molecule has 1 unspecified atom stereocenters. The van der Waals surface area contributed by atoms with Crippen LogP contribution in [-0.2, 0) is 13.0 Å². The second-order valence-electron chi connectivity index (χ2n) is 5.80. The number of hydrogen-bond donors (Lipinski definition) is 1. The zero-order valence-corrected chi connectivity index (χ0v) is 16.0. The number of halogens is 1. The van der Waals surface area contributed by atoms with Crippen LogP contribution in [0, 0.1) is 0 Å². The van der Waals surface area contributed by atoms with Crippen LogP contribution in [0.3, 0.4) is 0 Å². The number of aliphatic imine (C=N–C) groups is 1. The highest BCUT2D eigenvalue weighted by molar-refractivity contribution is 14.0. The number of hydrogen-bond acceptors (Lipinski definition) is 3. The van der Waals surface area contributed by atoms with Crippen molar-refractivity contribution in [1.29, 1.82) is 0 Å². The van der Waals surface area contributed by atoms with E-state index in [0.717, 1.165) is 25.5 Å². The highest BCUT2D eigenvalue weighted by Gasteiger charge is 2.21. The molecule has 0 spiro atoms. The van der Waals surface area contributed by atoms with Gasteiger partial charge in [-0.05, 0) is 23.1 Å². The first-order valence-electron chi connectivity index (χ1n) is 7.91. The first-order valence-corrected chi connectivity index (χ1v) is 7.91. The Hall–Kier alpha value is -1.56. The maximum Gasteiger partial charge on any atom is 0.194 e. The van der Waals surface area contributed by atoms with Gasteiger partial charge in [-0.1, -0.05) is 61.5 Å². The lowest BCUT2D eigenvalue weighted by Crippen LogP contribution is -2.36. The van der Waals surface area contributed by atoms with Gasteiger partial charge in [0.1, 0.15) is 0 Å². The van der Waals surface area contributed by atoms with Gasteiger partial charge in [-0.2, -0.15) is 0 Å². The van der Waals surface area contributed by atoms with Crippen molar-refractivity contribution in [2.45, 2.75) is 25.9 Å². The van der Waals surface area contributed by atoms with Crippen molar-refractivity contribution in [3.8, 4) is 0 Å². The quantitative estimate of drug-likeness (QED) is 0.756. The van der Waals surface area contributed by atoms with Crippen molar-refractivity contribution in [2.75, 3.05) is 13.6 Å². The standard InChI is InChI=1S/C19H23N3.HI/c1-3-15-9-11-16(12-10-15)14-22(2)19-20-13-18(21-19)17-7-5-4-6-8-17;/h4-12,18H,3,13-14H2,1-2H3,(H,20,21);1H. The molecule has 0 radical (unpaired) electrons. The zero-order chi connectivity index (χ0) is 15.4.